The van der Waals surface area contributed by atoms with Gasteiger partial charge in [0.05, 0.1) is 19.1 Å². The van der Waals surface area contributed by atoms with Crippen LogP contribution in [0.2, 0.25) is 0 Å². The van der Waals surface area contributed by atoms with Crippen LogP contribution in [0.3, 0.4) is 0 Å². The van der Waals surface area contributed by atoms with Crippen molar-refractivity contribution in [2.45, 2.75) is 56.8 Å². The first-order valence-electron chi connectivity index (χ1n) is 13.3. The summed E-state index contributed by atoms with van der Waals surface area (Å²) in [5.41, 5.74) is 3.24. The molecule has 204 valence electrons. The Labute approximate surface area is 242 Å². The van der Waals surface area contributed by atoms with E-state index >= 15 is 0 Å². The van der Waals surface area contributed by atoms with Gasteiger partial charge in [0.15, 0.2) is 0 Å². The van der Waals surface area contributed by atoms with Crippen molar-refractivity contribution in [2.75, 3.05) is 19.6 Å². The highest BCUT2D eigenvalue weighted by Crippen LogP contribution is 2.40. The first kappa shape index (κ1) is 26.8. The number of halogens is 1. The summed E-state index contributed by atoms with van der Waals surface area (Å²) in [4.78, 5) is 28.3. The van der Waals surface area contributed by atoms with E-state index in [2.05, 4.69) is 31.1 Å². The zero-order chi connectivity index (χ0) is 27.0. The van der Waals surface area contributed by atoms with E-state index < -0.39 is 11.6 Å². The zero-order valence-electron chi connectivity index (χ0n) is 21.3. The van der Waals surface area contributed by atoms with Gasteiger partial charge in [-0.25, -0.2) is 9.48 Å². The molecule has 0 saturated carbocycles. The second kappa shape index (κ2) is 11.2. The Morgan fingerprint density at radius 2 is 2.00 bits per heavy atom. The number of aromatic nitrogens is 3. The molecule has 4 aromatic rings. The van der Waals surface area contributed by atoms with E-state index in [1.54, 1.807) is 12.1 Å². The van der Waals surface area contributed by atoms with Crippen molar-refractivity contribution in [1.82, 2.24) is 19.9 Å². The predicted molar refractivity (Wildman–Crippen MR) is 154 cm³/mol. The summed E-state index contributed by atoms with van der Waals surface area (Å²) >= 11 is 6.12. The van der Waals surface area contributed by atoms with Crippen LogP contribution in [-0.4, -0.2) is 63.0 Å². The highest BCUT2D eigenvalue weighted by Gasteiger charge is 2.45. The molecule has 1 atom stereocenters. The van der Waals surface area contributed by atoms with E-state index in [-0.39, 0.29) is 6.10 Å². The standard InChI is InChI=1S/C28H29BrN4O4S2/c29-25-8-7-24(39-25)28(36,23-6-2-15-38-23)27(35)37-19-9-13-32(14-10-19)11-3-12-33-26-21-5-1-4-20(21)18(17-34)16-22(26)30-31-33/h2,6-8,15-17,19,36H,1,3-5,9-14H2/t28-/m1/s1. The zero-order valence-corrected chi connectivity index (χ0v) is 24.6. The number of likely N-dealkylation sites (tertiary alicyclic amines) is 1. The molecule has 8 nitrogen and oxygen atoms in total. The van der Waals surface area contributed by atoms with E-state index in [0.717, 1.165) is 96.9 Å². The fourth-order valence-electron chi connectivity index (χ4n) is 5.80. The van der Waals surface area contributed by atoms with Crippen molar-refractivity contribution >= 4 is 61.9 Å². The number of fused-ring (bicyclic) bond motifs is 3. The Hall–Kier alpha value is -2.44. The Morgan fingerprint density at radius 1 is 1.18 bits per heavy atom. The molecule has 0 bridgehead atoms. The van der Waals surface area contributed by atoms with Crippen LogP contribution in [0.4, 0.5) is 0 Å². The predicted octanol–water partition coefficient (Wildman–Crippen LogP) is 4.95. The van der Waals surface area contributed by atoms with E-state index in [0.29, 0.717) is 9.75 Å². The highest BCUT2D eigenvalue weighted by atomic mass is 79.9. The van der Waals surface area contributed by atoms with Crippen LogP contribution >= 0.6 is 38.6 Å². The summed E-state index contributed by atoms with van der Waals surface area (Å²) in [7, 11) is 0. The van der Waals surface area contributed by atoms with Crippen LogP contribution in [0.15, 0.2) is 39.5 Å². The molecular formula is C28H29BrN4O4S2. The molecule has 11 heteroatoms. The largest absolute Gasteiger partial charge is 0.460 e. The molecule has 0 spiro atoms. The molecule has 4 heterocycles. The van der Waals surface area contributed by atoms with Crippen LogP contribution in [-0.2, 0) is 34.5 Å². The van der Waals surface area contributed by atoms with Crippen LogP contribution in [0.1, 0.15) is 56.9 Å². The number of thiophene rings is 2. The minimum absolute atomic E-state index is 0.225. The lowest BCUT2D eigenvalue weighted by molar-refractivity contribution is -0.169. The molecule has 0 radical (unpaired) electrons. The second-order valence-electron chi connectivity index (χ2n) is 10.2. The van der Waals surface area contributed by atoms with E-state index in [9.17, 15) is 14.7 Å². The average molecular weight is 630 g/mol. The van der Waals surface area contributed by atoms with Crippen molar-refractivity contribution < 1.29 is 19.4 Å². The number of hydrogen-bond acceptors (Lipinski definition) is 9. The second-order valence-corrected chi connectivity index (χ2v) is 13.6. The van der Waals surface area contributed by atoms with Gasteiger partial charge in [-0.05, 0) is 102 Å². The summed E-state index contributed by atoms with van der Waals surface area (Å²) in [6, 6.07) is 9.08. The lowest BCUT2D eigenvalue weighted by atomic mass is 9.99. The first-order chi connectivity index (χ1) is 19.0. The molecule has 1 fully saturated rings. The number of carbonyl (C=O) groups excluding carboxylic acids is 2. The molecule has 0 amide bonds. The average Bonchev–Trinajstić information content (AvgIpc) is 3.76. The van der Waals surface area contributed by atoms with Gasteiger partial charge in [-0.15, -0.1) is 27.8 Å². The SMILES string of the molecule is O=Cc1cc2nnn(CCCN3CCC(OC(=O)[C@@](O)(c4cccs4)c4ccc(Br)s4)CC3)c2c2c1CCC2. The minimum atomic E-state index is -1.80. The van der Waals surface area contributed by atoms with Gasteiger partial charge in [-0.3, -0.25) is 4.79 Å². The van der Waals surface area contributed by atoms with Crippen LogP contribution in [0, 0.1) is 0 Å². The van der Waals surface area contributed by atoms with Gasteiger partial charge in [0.1, 0.15) is 17.9 Å². The van der Waals surface area contributed by atoms with E-state index in [1.807, 2.05) is 28.3 Å². The minimum Gasteiger partial charge on any atom is -0.460 e. The van der Waals surface area contributed by atoms with Crippen molar-refractivity contribution in [3.05, 3.63) is 65.9 Å². The highest BCUT2D eigenvalue weighted by molar-refractivity contribution is 9.11. The van der Waals surface area contributed by atoms with Crippen molar-refractivity contribution in [3.63, 3.8) is 0 Å². The maximum atomic E-state index is 13.3. The maximum Gasteiger partial charge on any atom is 0.349 e. The summed E-state index contributed by atoms with van der Waals surface area (Å²) < 4.78 is 8.75. The fourth-order valence-corrected chi connectivity index (χ4v) is 8.17. The lowest BCUT2D eigenvalue weighted by Crippen LogP contribution is -2.43. The number of piperidine rings is 1. The van der Waals surface area contributed by atoms with Gasteiger partial charge >= 0.3 is 5.97 Å². The van der Waals surface area contributed by atoms with Gasteiger partial charge in [0, 0.05) is 25.2 Å². The van der Waals surface area contributed by atoms with Crippen LogP contribution in [0.25, 0.3) is 11.0 Å². The van der Waals surface area contributed by atoms with Crippen molar-refractivity contribution in [2.24, 2.45) is 0 Å². The molecule has 1 aliphatic heterocycles. The molecule has 1 saturated heterocycles. The smallest absolute Gasteiger partial charge is 0.349 e. The summed E-state index contributed by atoms with van der Waals surface area (Å²) in [5, 5.41) is 22.2. The number of carbonyl (C=O) groups is 2. The summed E-state index contributed by atoms with van der Waals surface area (Å²) in [5.74, 6) is -0.610. The van der Waals surface area contributed by atoms with Crippen LogP contribution < -0.4 is 0 Å². The Bertz CT molecular complexity index is 1490. The molecule has 39 heavy (non-hydrogen) atoms. The Balaban J connectivity index is 1.04. The molecule has 6 rings (SSSR count). The molecule has 1 N–H and O–H groups in total. The number of aldehydes is 1. The van der Waals surface area contributed by atoms with Crippen molar-refractivity contribution in [3.8, 4) is 0 Å². The topological polar surface area (TPSA) is 97.5 Å². The number of benzene rings is 1. The quantitative estimate of drug-likeness (QED) is 0.207. The molecule has 2 aliphatic rings. The summed E-state index contributed by atoms with van der Waals surface area (Å²) in [6.07, 6.45) is 6.08. The number of aliphatic hydroxyl groups is 1. The Kier molecular flexibility index (Phi) is 7.69. The Morgan fingerprint density at radius 3 is 2.72 bits per heavy atom. The fraction of sp³-hybridized carbons (Fsp3) is 0.429. The summed E-state index contributed by atoms with van der Waals surface area (Å²) in [6.45, 7) is 3.34. The molecule has 0 unspecified atom stereocenters. The van der Waals surface area contributed by atoms with E-state index in [4.69, 9.17) is 4.74 Å². The molecular weight excluding hydrogens is 600 g/mol. The number of esters is 1. The number of nitrogens with zero attached hydrogens (tertiary/aromatic N) is 4. The number of aryl methyl sites for hydroxylation is 2. The van der Waals surface area contributed by atoms with E-state index in [1.165, 1.54) is 28.2 Å². The maximum absolute atomic E-state index is 13.3. The third-order valence-electron chi connectivity index (χ3n) is 7.79. The first-order valence-corrected chi connectivity index (χ1v) is 15.7. The van der Waals surface area contributed by atoms with Crippen molar-refractivity contribution in [1.29, 1.82) is 0 Å². The number of rotatable bonds is 9. The molecule has 3 aromatic heterocycles. The molecule has 1 aliphatic carbocycles. The van der Waals surface area contributed by atoms with Gasteiger partial charge < -0.3 is 14.7 Å². The number of hydrogen-bond donors (Lipinski definition) is 1. The molecule has 1 aromatic carbocycles. The van der Waals surface area contributed by atoms with Gasteiger partial charge in [-0.1, -0.05) is 11.3 Å². The lowest BCUT2D eigenvalue weighted by Gasteiger charge is -2.33. The third-order valence-corrected chi connectivity index (χ3v) is 10.5. The van der Waals surface area contributed by atoms with Gasteiger partial charge in [0.25, 0.3) is 0 Å². The normalized spacial score (nSPS) is 17.8. The number of ether oxygens (including phenoxy) is 1. The van der Waals surface area contributed by atoms with Gasteiger partial charge in [-0.2, -0.15) is 0 Å². The van der Waals surface area contributed by atoms with Crippen LogP contribution in [0.5, 0.6) is 0 Å². The van der Waals surface area contributed by atoms with Gasteiger partial charge in [0.2, 0.25) is 5.60 Å². The third kappa shape index (κ3) is 5.11. The monoisotopic (exact) mass is 628 g/mol.